The fourth-order valence-electron chi connectivity index (χ4n) is 5.74. The molecule has 140 valence electrons. The third-order valence-electron chi connectivity index (χ3n) is 6.51. The van der Waals surface area contributed by atoms with Crippen molar-refractivity contribution in [3.8, 4) is 11.5 Å². The summed E-state index contributed by atoms with van der Waals surface area (Å²) in [6.45, 7) is -0.212. The molecule has 4 fully saturated rings. The van der Waals surface area contributed by atoms with Crippen LogP contribution >= 0.6 is 0 Å². The van der Waals surface area contributed by atoms with E-state index in [1.54, 1.807) is 25.3 Å². The Bertz CT molecular complexity index is 688. The van der Waals surface area contributed by atoms with Crippen LogP contribution in [0.4, 0.5) is 0 Å². The van der Waals surface area contributed by atoms with Crippen molar-refractivity contribution in [1.29, 1.82) is 0 Å². The van der Waals surface area contributed by atoms with E-state index in [1.165, 1.54) is 26.4 Å². The molecule has 0 aliphatic heterocycles. The van der Waals surface area contributed by atoms with Crippen molar-refractivity contribution in [3.63, 3.8) is 0 Å². The summed E-state index contributed by atoms with van der Waals surface area (Å²) in [5, 5.41) is 0. The van der Waals surface area contributed by atoms with Crippen molar-refractivity contribution in [2.45, 2.75) is 38.5 Å². The summed E-state index contributed by atoms with van der Waals surface area (Å²) in [5.41, 5.74) is 0.132. The van der Waals surface area contributed by atoms with E-state index < -0.39 is 0 Å². The highest BCUT2D eigenvalue weighted by Crippen LogP contribution is 2.60. The maximum absolute atomic E-state index is 12.8. The zero-order valence-corrected chi connectivity index (χ0v) is 15.5. The highest BCUT2D eigenvalue weighted by Gasteiger charge is 2.55. The van der Waals surface area contributed by atoms with Crippen LogP contribution in [0.15, 0.2) is 18.2 Å². The Balaban J connectivity index is 1.41. The number of hydrogen-bond acceptors (Lipinski definition) is 5. The number of hydrogen-bond donors (Lipinski definition) is 0. The summed E-state index contributed by atoms with van der Waals surface area (Å²) in [5.74, 6) is 2.70. The first-order chi connectivity index (χ1) is 12.5. The average molecular weight is 358 g/mol. The van der Waals surface area contributed by atoms with Gasteiger partial charge in [0.15, 0.2) is 23.9 Å². The van der Waals surface area contributed by atoms with Gasteiger partial charge in [-0.2, -0.15) is 0 Å². The van der Waals surface area contributed by atoms with Crippen LogP contribution in [0.1, 0.15) is 48.9 Å². The molecule has 0 spiro atoms. The highest BCUT2D eigenvalue weighted by molar-refractivity contribution is 5.98. The summed E-state index contributed by atoms with van der Waals surface area (Å²) in [6, 6.07) is 4.98. The lowest BCUT2D eigenvalue weighted by Crippen LogP contribution is -2.50. The predicted octanol–water partition coefficient (Wildman–Crippen LogP) is 3.65. The third kappa shape index (κ3) is 2.97. The summed E-state index contributed by atoms with van der Waals surface area (Å²) in [6.07, 6.45) is 6.67. The van der Waals surface area contributed by atoms with Gasteiger partial charge < -0.3 is 14.2 Å². The molecule has 0 N–H and O–H groups in total. The van der Waals surface area contributed by atoms with Crippen molar-refractivity contribution >= 4 is 11.8 Å². The summed E-state index contributed by atoms with van der Waals surface area (Å²) >= 11 is 0. The van der Waals surface area contributed by atoms with Crippen LogP contribution < -0.4 is 9.47 Å². The van der Waals surface area contributed by atoms with Gasteiger partial charge in [-0.05, 0) is 74.5 Å². The van der Waals surface area contributed by atoms with Crippen LogP contribution in [0, 0.1) is 23.2 Å². The summed E-state index contributed by atoms with van der Waals surface area (Å²) in [4.78, 5) is 25.3. The number of ketones is 1. The minimum atomic E-state index is -0.327. The van der Waals surface area contributed by atoms with Gasteiger partial charge in [0.05, 0.1) is 19.6 Å². The molecule has 4 bridgehead atoms. The second-order valence-electron chi connectivity index (χ2n) is 8.27. The average Bonchev–Trinajstić information content (AvgIpc) is 2.64. The fourth-order valence-corrected chi connectivity index (χ4v) is 5.74. The molecule has 5 nitrogen and oxygen atoms in total. The monoisotopic (exact) mass is 358 g/mol. The maximum Gasteiger partial charge on any atom is 0.312 e. The number of carbonyl (C=O) groups excluding carboxylic acids is 2. The smallest absolute Gasteiger partial charge is 0.312 e. The Labute approximate surface area is 154 Å². The van der Waals surface area contributed by atoms with E-state index in [0.717, 1.165) is 19.3 Å². The minimum Gasteiger partial charge on any atom is -0.493 e. The zero-order valence-electron chi connectivity index (χ0n) is 15.5. The maximum atomic E-state index is 12.8. The van der Waals surface area contributed by atoms with Gasteiger partial charge in [-0.25, -0.2) is 0 Å². The lowest BCUT2D eigenvalue weighted by Gasteiger charge is -2.55. The molecule has 0 unspecified atom stereocenters. The third-order valence-corrected chi connectivity index (χ3v) is 6.51. The Morgan fingerprint density at radius 1 is 0.962 bits per heavy atom. The van der Waals surface area contributed by atoms with Crippen LogP contribution in [0.25, 0.3) is 0 Å². The number of Topliss-reactive ketones (excluding diaryl/α,β-unsaturated/α-hetero) is 1. The first kappa shape index (κ1) is 17.4. The standard InChI is InChI=1S/C21H26O5/c1-24-18-4-3-16(8-19(18)25-2)17(22)12-26-20(23)21-9-13-5-14(10-21)7-15(6-13)11-21/h3-4,8,13-15H,5-7,9-12H2,1-2H3. The highest BCUT2D eigenvalue weighted by atomic mass is 16.5. The van der Waals surface area contributed by atoms with E-state index in [2.05, 4.69) is 0 Å². The topological polar surface area (TPSA) is 61.8 Å². The Kier molecular flexibility index (Phi) is 4.41. The Hall–Kier alpha value is -2.04. The van der Waals surface area contributed by atoms with Gasteiger partial charge in [0.25, 0.3) is 0 Å². The minimum absolute atomic E-state index is 0.162. The van der Waals surface area contributed by atoms with Crippen molar-refractivity contribution in [2.24, 2.45) is 23.2 Å². The first-order valence-electron chi connectivity index (χ1n) is 9.45. The summed E-state index contributed by atoms with van der Waals surface area (Å²) < 4.78 is 15.9. The number of carbonyl (C=O) groups is 2. The molecule has 26 heavy (non-hydrogen) atoms. The lowest BCUT2D eigenvalue weighted by molar-refractivity contribution is -0.170. The van der Waals surface area contributed by atoms with Gasteiger partial charge >= 0.3 is 5.97 Å². The molecular formula is C21H26O5. The van der Waals surface area contributed by atoms with Crippen molar-refractivity contribution in [2.75, 3.05) is 20.8 Å². The van der Waals surface area contributed by atoms with Gasteiger partial charge in [0.2, 0.25) is 0 Å². The van der Waals surface area contributed by atoms with Gasteiger partial charge in [0.1, 0.15) is 0 Å². The second-order valence-corrected chi connectivity index (χ2v) is 8.27. The first-order valence-corrected chi connectivity index (χ1v) is 9.45. The molecule has 0 saturated heterocycles. The van der Waals surface area contributed by atoms with Crippen LogP contribution in [-0.4, -0.2) is 32.6 Å². The molecule has 4 aliphatic carbocycles. The molecule has 4 aliphatic rings. The van der Waals surface area contributed by atoms with Gasteiger partial charge in [-0.15, -0.1) is 0 Å². The zero-order chi connectivity index (χ0) is 18.3. The molecule has 0 atom stereocenters. The number of methoxy groups -OCH3 is 2. The van der Waals surface area contributed by atoms with Crippen LogP contribution in [-0.2, 0) is 9.53 Å². The number of benzene rings is 1. The molecule has 0 heterocycles. The van der Waals surface area contributed by atoms with Crippen molar-refractivity contribution in [1.82, 2.24) is 0 Å². The largest absolute Gasteiger partial charge is 0.493 e. The van der Waals surface area contributed by atoms with E-state index in [0.29, 0.717) is 34.8 Å². The van der Waals surface area contributed by atoms with Gasteiger partial charge in [-0.3, -0.25) is 9.59 Å². The fraction of sp³-hybridized carbons (Fsp3) is 0.619. The van der Waals surface area contributed by atoms with Crippen molar-refractivity contribution < 1.29 is 23.8 Å². The molecule has 0 aromatic heterocycles. The molecule has 4 saturated carbocycles. The molecule has 1 aromatic rings. The molecule has 0 amide bonds. The van der Waals surface area contributed by atoms with Crippen LogP contribution in [0.2, 0.25) is 0 Å². The van der Waals surface area contributed by atoms with Gasteiger partial charge in [-0.1, -0.05) is 0 Å². The van der Waals surface area contributed by atoms with Crippen LogP contribution in [0.5, 0.6) is 11.5 Å². The predicted molar refractivity (Wildman–Crippen MR) is 95.4 cm³/mol. The SMILES string of the molecule is COc1ccc(C(=O)COC(=O)C23CC4CC(CC(C4)C2)C3)cc1OC. The lowest BCUT2D eigenvalue weighted by atomic mass is 9.49. The van der Waals surface area contributed by atoms with Gasteiger partial charge in [0, 0.05) is 5.56 Å². The Morgan fingerprint density at radius 2 is 1.54 bits per heavy atom. The van der Waals surface area contributed by atoms with Crippen molar-refractivity contribution in [3.05, 3.63) is 23.8 Å². The van der Waals surface area contributed by atoms with E-state index >= 15 is 0 Å². The van der Waals surface area contributed by atoms with E-state index in [-0.39, 0.29) is 23.8 Å². The quantitative estimate of drug-likeness (QED) is 0.574. The number of rotatable bonds is 6. The molecule has 0 radical (unpaired) electrons. The Morgan fingerprint density at radius 3 is 2.08 bits per heavy atom. The molecule has 1 aromatic carbocycles. The number of ether oxygens (including phenoxy) is 3. The normalized spacial score (nSPS) is 31.5. The molecular weight excluding hydrogens is 332 g/mol. The van der Waals surface area contributed by atoms with E-state index in [9.17, 15) is 9.59 Å². The van der Waals surface area contributed by atoms with E-state index in [4.69, 9.17) is 14.2 Å². The number of esters is 1. The second kappa shape index (κ2) is 6.60. The molecule has 5 rings (SSSR count). The van der Waals surface area contributed by atoms with Crippen LogP contribution in [0.3, 0.4) is 0 Å². The van der Waals surface area contributed by atoms with E-state index in [1.807, 2.05) is 0 Å². The summed E-state index contributed by atoms with van der Waals surface area (Å²) in [7, 11) is 3.08. The molecule has 5 heteroatoms.